The zero-order valence-electron chi connectivity index (χ0n) is 24.0. The molecule has 220 valence electrons. The van der Waals surface area contributed by atoms with Gasteiger partial charge in [-0.2, -0.15) is 0 Å². The predicted octanol–water partition coefficient (Wildman–Crippen LogP) is 3.86. The van der Waals surface area contributed by atoms with E-state index in [1.54, 1.807) is 4.90 Å². The Morgan fingerprint density at radius 2 is 1.53 bits per heavy atom. The van der Waals surface area contributed by atoms with Crippen LogP contribution in [-0.2, 0) is 20.9 Å². The second-order valence-corrected chi connectivity index (χ2v) is 10.5. The number of rotatable bonds is 9. The summed E-state index contributed by atoms with van der Waals surface area (Å²) in [6, 6.07) is 28.0. The first-order valence-electron chi connectivity index (χ1n) is 14.2. The summed E-state index contributed by atoms with van der Waals surface area (Å²) in [5, 5.41) is 8.95. The summed E-state index contributed by atoms with van der Waals surface area (Å²) < 4.78 is 15.9. The molecular formula is C33H33N5O5. The summed E-state index contributed by atoms with van der Waals surface area (Å²) in [7, 11) is 1.47. The molecule has 0 unspecified atom stereocenters. The third-order valence-corrected chi connectivity index (χ3v) is 7.65. The van der Waals surface area contributed by atoms with Gasteiger partial charge in [-0.25, -0.2) is 0 Å². The first-order valence-corrected chi connectivity index (χ1v) is 14.2. The van der Waals surface area contributed by atoms with Gasteiger partial charge in [-0.05, 0) is 41.0 Å². The van der Waals surface area contributed by atoms with Gasteiger partial charge >= 0.3 is 0 Å². The highest BCUT2D eigenvalue weighted by Gasteiger charge is 2.26. The van der Waals surface area contributed by atoms with E-state index in [1.165, 1.54) is 17.6 Å². The molecule has 0 radical (unpaired) electrons. The number of hydrogen-bond donors (Lipinski definition) is 0. The molecule has 1 fully saturated rings. The second kappa shape index (κ2) is 12.9. The van der Waals surface area contributed by atoms with Gasteiger partial charge in [-0.3, -0.25) is 9.59 Å². The fourth-order valence-corrected chi connectivity index (χ4v) is 5.27. The second-order valence-electron chi connectivity index (χ2n) is 10.5. The first kappa shape index (κ1) is 28.2. The van der Waals surface area contributed by atoms with Gasteiger partial charge in [0.25, 0.3) is 0 Å². The summed E-state index contributed by atoms with van der Waals surface area (Å²) in [6.45, 7) is 2.61. The molecule has 0 saturated carbocycles. The average Bonchev–Trinajstić information content (AvgIpc) is 3.53. The van der Waals surface area contributed by atoms with Crippen molar-refractivity contribution in [2.75, 3.05) is 58.1 Å². The monoisotopic (exact) mass is 579 g/mol. The minimum absolute atomic E-state index is 0.0335. The van der Waals surface area contributed by atoms with Crippen LogP contribution in [0.3, 0.4) is 0 Å². The number of methoxy groups -OCH3 is 1. The Kier molecular flexibility index (Phi) is 8.46. The van der Waals surface area contributed by atoms with Gasteiger partial charge in [0.15, 0.2) is 17.3 Å². The van der Waals surface area contributed by atoms with E-state index in [-0.39, 0.29) is 38.3 Å². The zero-order valence-corrected chi connectivity index (χ0v) is 24.0. The SMILES string of the molecule is COCC(=O)N(CC(=O)N1CCN(c2ccc(-c3ccc(-c4ccccc4)cc3)nn2)CC1)Cc1ccc2c(c1)OCO2. The number of benzene rings is 3. The van der Waals surface area contributed by atoms with E-state index < -0.39 is 0 Å². The van der Waals surface area contributed by atoms with E-state index >= 15 is 0 Å². The molecule has 1 saturated heterocycles. The summed E-state index contributed by atoms with van der Waals surface area (Å²) >= 11 is 0. The quantitative estimate of drug-likeness (QED) is 0.295. The molecule has 0 N–H and O–H groups in total. The number of ether oxygens (including phenoxy) is 3. The lowest BCUT2D eigenvalue weighted by Gasteiger charge is -2.36. The van der Waals surface area contributed by atoms with E-state index in [0.29, 0.717) is 37.7 Å². The molecule has 0 aliphatic carbocycles. The topological polar surface area (TPSA) is 97.3 Å². The predicted molar refractivity (Wildman–Crippen MR) is 162 cm³/mol. The number of piperazine rings is 1. The normalized spacial score (nSPS) is 14.1. The van der Waals surface area contributed by atoms with Gasteiger partial charge < -0.3 is 28.9 Å². The van der Waals surface area contributed by atoms with Crippen molar-refractivity contribution in [3.05, 3.63) is 90.5 Å². The Hall–Kier alpha value is -4.96. The number of fused-ring (bicyclic) bond motifs is 1. The molecular weight excluding hydrogens is 546 g/mol. The third-order valence-electron chi connectivity index (χ3n) is 7.65. The van der Waals surface area contributed by atoms with Crippen molar-refractivity contribution < 1.29 is 23.8 Å². The molecule has 4 aromatic rings. The van der Waals surface area contributed by atoms with Crippen molar-refractivity contribution in [2.24, 2.45) is 0 Å². The lowest BCUT2D eigenvalue weighted by Crippen LogP contribution is -2.52. The number of amides is 2. The van der Waals surface area contributed by atoms with E-state index in [4.69, 9.17) is 14.2 Å². The fourth-order valence-electron chi connectivity index (χ4n) is 5.27. The van der Waals surface area contributed by atoms with Gasteiger partial charge in [-0.1, -0.05) is 60.7 Å². The Morgan fingerprint density at radius 3 is 2.26 bits per heavy atom. The van der Waals surface area contributed by atoms with Gasteiger partial charge in [0.1, 0.15) is 13.2 Å². The molecule has 6 rings (SSSR count). The lowest BCUT2D eigenvalue weighted by molar-refractivity contribution is -0.143. The van der Waals surface area contributed by atoms with Crippen LogP contribution in [0.15, 0.2) is 84.9 Å². The minimum Gasteiger partial charge on any atom is -0.454 e. The molecule has 0 bridgehead atoms. The van der Waals surface area contributed by atoms with E-state index in [1.807, 2.05) is 48.5 Å². The molecule has 0 spiro atoms. The van der Waals surface area contributed by atoms with Crippen LogP contribution in [0, 0.1) is 0 Å². The zero-order chi connectivity index (χ0) is 29.6. The molecule has 10 heteroatoms. The third kappa shape index (κ3) is 6.60. The molecule has 1 aromatic heterocycles. The van der Waals surface area contributed by atoms with Gasteiger partial charge in [-0.15, -0.1) is 10.2 Å². The van der Waals surface area contributed by atoms with Crippen molar-refractivity contribution in [3.8, 4) is 33.9 Å². The van der Waals surface area contributed by atoms with Crippen molar-refractivity contribution in [1.29, 1.82) is 0 Å². The molecule has 3 aromatic carbocycles. The summed E-state index contributed by atoms with van der Waals surface area (Å²) in [6.07, 6.45) is 0. The maximum Gasteiger partial charge on any atom is 0.249 e. The molecule has 2 aliphatic rings. The van der Waals surface area contributed by atoms with Crippen LogP contribution in [-0.4, -0.2) is 85.0 Å². The van der Waals surface area contributed by atoms with E-state index in [9.17, 15) is 9.59 Å². The van der Waals surface area contributed by atoms with Crippen LogP contribution in [0.4, 0.5) is 5.82 Å². The Bertz CT molecular complexity index is 1560. The fraction of sp³-hybridized carbons (Fsp3) is 0.273. The Labute approximate surface area is 250 Å². The number of anilines is 1. The molecule has 10 nitrogen and oxygen atoms in total. The van der Waals surface area contributed by atoms with Crippen LogP contribution >= 0.6 is 0 Å². The Morgan fingerprint density at radius 1 is 0.814 bits per heavy atom. The van der Waals surface area contributed by atoms with Crippen LogP contribution in [0.25, 0.3) is 22.4 Å². The van der Waals surface area contributed by atoms with E-state index in [0.717, 1.165) is 28.2 Å². The number of aromatic nitrogens is 2. The maximum atomic E-state index is 13.3. The molecule has 2 amide bonds. The molecule has 2 aliphatic heterocycles. The van der Waals surface area contributed by atoms with Gasteiger partial charge in [0.2, 0.25) is 18.6 Å². The van der Waals surface area contributed by atoms with Gasteiger partial charge in [0.05, 0.1) is 5.69 Å². The van der Waals surface area contributed by atoms with Crippen molar-refractivity contribution in [3.63, 3.8) is 0 Å². The average molecular weight is 580 g/mol. The van der Waals surface area contributed by atoms with Crippen molar-refractivity contribution >= 4 is 17.6 Å². The summed E-state index contributed by atoms with van der Waals surface area (Å²) in [5.74, 6) is 1.72. The highest BCUT2D eigenvalue weighted by atomic mass is 16.7. The lowest BCUT2D eigenvalue weighted by atomic mass is 10.0. The van der Waals surface area contributed by atoms with Crippen molar-refractivity contribution in [2.45, 2.75) is 6.54 Å². The standard InChI is InChI=1S/C33H33N5O5/c1-41-22-33(40)38(20-24-7-13-29-30(19-24)43-23-42-29)21-32(39)37-17-15-36(16-18-37)31-14-12-28(34-35-31)27-10-8-26(9-11-27)25-5-3-2-4-6-25/h2-14,19H,15-18,20-23H2,1H3. The number of carbonyl (C=O) groups excluding carboxylic acids is 2. The summed E-state index contributed by atoms with van der Waals surface area (Å²) in [5.41, 5.74) is 4.98. The molecule has 43 heavy (non-hydrogen) atoms. The van der Waals surface area contributed by atoms with E-state index in [2.05, 4.69) is 51.5 Å². The van der Waals surface area contributed by atoms with Crippen LogP contribution in [0.5, 0.6) is 11.5 Å². The van der Waals surface area contributed by atoms with Crippen LogP contribution in [0.2, 0.25) is 0 Å². The number of nitrogens with zero attached hydrogens (tertiary/aromatic N) is 5. The number of hydrogen-bond acceptors (Lipinski definition) is 8. The molecule has 0 atom stereocenters. The smallest absolute Gasteiger partial charge is 0.249 e. The largest absolute Gasteiger partial charge is 0.454 e. The number of carbonyl (C=O) groups is 2. The highest BCUT2D eigenvalue weighted by molar-refractivity contribution is 5.85. The van der Waals surface area contributed by atoms with Gasteiger partial charge in [0, 0.05) is 45.4 Å². The van der Waals surface area contributed by atoms with Crippen LogP contribution in [0.1, 0.15) is 5.56 Å². The minimum atomic E-state index is -0.253. The highest BCUT2D eigenvalue weighted by Crippen LogP contribution is 2.33. The van der Waals surface area contributed by atoms with Crippen molar-refractivity contribution in [1.82, 2.24) is 20.0 Å². The summed E-state index contributed by atoms with van der Waals surface area (Å²) in [4.78, 5) is 31.5. The first-order chi connectivity index (χ1) is 21.1. The molecule has 3 heterocycles. The maximum absolute atomic E-state index is 13.3. The Balaban J connectivity index is 1.04. The van der Waals surface area contributed by atoms with Crippen LogP contribution < -0.4 is 14.4 Å².